The molecule has 5 rings (SSSR count). The summed E-state index contributed by atoms with van der Waals surface area (Å²) in [5, 5.41) is 13.5. The predicted octanol–water partition coefficient (Wildman–Crippen LogP) is 4.13. The summed E-state index contributed by atoms with van der Waals surface area (Å²) in [6.45, 7) is 2.09. The smallest absolute Gasteiger partial charge is 0.253 e. The summed E-state index contributed by atoms with van der Waals surface area (Å²) >= 11 is 0. The Morgan fingerprint density at radius 1 is 1.12 bits per heavy atom. The third kappa shape index (κ3) is 6.38. The van der Waals surface area contributed by atoms with Gasteiger partial charge >= 0.3 is 0 Å². The summed E-state index contributed by atoms with van der Waals surface area (Å²) in [7, 11) is 3.33. The van der Waals surface area contributed by atoms with Gasteiger partial charge in [0.25, 0.3) is 6.43 Å². The van der Waals surface area contributed by atoms with Crippen LogP contribution in [0.15, 0.2) is 49.2 Å². The molecule has 1 aromatic carbocycles. The van der Waals surface area contributed by atoms with Gasteiger partial charge < -0.3 is 25.4 Å². The molecule has 1 saturated heterocycles. The van der Waals surface area contributed by atoms with E-state index in [1.165, 1.54) is 18.6 Å². The number of benzene rings is 1. The Morgan fingerprint density at radius 3 is 2.61 bits per heavy atom. The van der Waals surface area contributed by atoms with Crippen LogP contribution in [0.3, 0.4) is 0 Å². The number of halogens is 2. The van der Waals surface area contributed by atoms with Gasteiger partial charge in [-0.15, -0.1) is 0 Å². The Labute approximate surface area is 234 Å². The lowest BCUT2D eigenvalue weighted by molar-refractivity contribution is 0.0987. The number of aromatic nitrogens is 6. The molecule has 0 unspecified atom stereocenters. The molecule has 0 saturated carbocycles. The summed E-state index contributed by atoms with van der Waals surface area (Å²) in [5.74, 6) is 1.93. The van der Waals surface area contributed by atoms with E-state index in [2.05, 4.69) is 41.0 Å². The van der Waals surface area contributed by atoms with E-state index in [-0.39, 0.29) is 18.1 Å². The molecular formula is C27H29F2N9O3. The Hall–Kier alpha value is -4.72. The molecule has 0 bridgehead atoms. The van der Waals surface area contributed by atoms with E-state index in [4.69, 9.17) is 9.47 Å². The fourth-order valence-electron chi connectivity index (χ4n) is 4.44. The normalized spacial score (nSPS) is 16.5. The standard InChI is InChI=1S/C27H29F2N9O3/c1-4-21(39)17-11-31-22(36-23-12-33-24(13-32-23)41-15-8-20(26(28)29)30-10-15)9-19(17)35-18-7-5-6-16(25(18)40-3)27-34-14-38(2)37-27/h5-7,9,11-15,20,26,30H,4,8,10H2,1-3H3,(H2,31,32,35,36)/t15-,20-/m1/s1. The van der Waals surface area contributed by atoms with Crippen molar-refractivity contribution in [1.82, 2.24) is 35.0 Å². The maximum atomic E-state index is 12.9. The van der Waals surface area contributed by atoms with Gasteiger partial charge in [0, 0.05) is 38.7 Å². The average Bonchev–Trinajstić information content (AvgIpc) is 3.63. The first-order valence-electron chi connectivity index (χ1n) is 12.9. The lowest BCUT2D eigenvalue weighted by Gasteiger charge is -2.17. The van der Waals surface area contributed by atoms with Crippen molar-refractivity contribution in [3.8, 4) is 23.0 Å². The number of carbonyl (C=O) groups is 1. The first-order valence-corrected chi connectivity index (χ1v) is 12.9. The van der Waals surface area contributed by atoms with E-state index in [1.54, 1.807) is 38.2 Å². The average molecular weight is 566 g/mol. The summed E-state index contributed by atoms with van der Waals surface area (Å²) in [6.07, 6.45) is 3.57. The second kappa shape index (κ2) is 12.2. The minimum absolute atomic E-state index is 0.0927. The molecule has 3 N–H and O–H groups in total. The molecule has 0 aliphatic carbocycles. The quantitative estimate of drug-likeness (QED) is 0.226. The molecule has 1 fully saturated rings. The van der Waals surface area contributed by atoms with Gasteiger partial charge in [0.1, 0.15) is 24.1 Å². The van der Waals surface area contributed by atoms with Gasteiger partial charge in [-0.1, -0.05) is 13.0 Å². The fraction of sp³-hybridized carbons (Fsp3) is 0.333. The molecule has 4 heterocycles. The molecule has 1 aliphatic rings. The lowest BCUT2D eigenvalue weighted by Crippen LogP contribution is -2.28. The fourth-order valence-corrected chi connectivity index (χ4v) is 4.44. The summed E-state index contributed by atoms with van der Waals surface area (Å²) in [5.41, 5.74) is 2.21. The number of nitrogens with one attached hydrogen (secondary N) is 3. The largest absolute Gasteiger partial charge is 0.494 e. The number of methoxy groups -OCH3 is 1. The molecule has 3 aromatic heterocycles. The molecule has 41 heavy (non-hydrogen) atoms. The Bertz CT molecular complexity index is 1510. The highest BCUT2D eigenvalue weighted by atomic mass is 19.3. The van der Waals surface area contributed by atoms with Gasteiger partial charge in [0.05, 0.1) is 48.0 Å². The Kier molecular flexibility index (Phi) is 8.29. The van der Waals surface area contributed by atoms with Crippen LogP contribution in [0.25, 0.3) is 11.4 Å². The highest BCUT2D eigenvalue weighted by Gasteiger charge is 2.32. The molecular weight excluding hydrogens is 536 g/mol. The predicted molar refractivity (Wildman–Crippen MR) is 147 cm³/mol. The highest BCUT2D eigenvalue weighted by Crippen LogP contribution is 2.37. The maximum absolute atomic E-state index is 12.9. The monoisotopic (exact) mass is 565 g/mol. The number of carbonyl (C=O) groups excluding carboxylic acids is 1. The second-order valence-corrected chi connectivity index (χ2v) is 9.33. The summed E-state index contributed by atoms with van der Waals surface area (Å²) in [4.78, 5) is 30.0. The van der Waals surface area contributed by atoms with Crippen LogP contribution in [-0.4, -0.2) is 67.7 Å². The van der Waals surface area contributed by atoms with E-state index in [0.717, 1.165) is 0 Å². The van der Waals surface area contributed by atoms with E-state index in [9.17, 15) is 13.6 Å². The number of aryl methyl sites for hydroxylation is 1. The minimum atomic E-state index is -2.45. The van der Waals surface area contributed by atoms with Crippen LogP contribution in [0.2, 0.25) is 0 Å². The van der Waals surface area contributed by atoms with Crippen LogP contribution in [0.1, 0.15) is 30.1 Å². The number of hydrogen-bond donors (Lipinski definition) is 3. The zero-order chi connectivity index (χ0) is 28.9. The molecule has 14 heteroatoms. The number of nitrogens with zero attached hydrogens (tertiary/aromatic N) is 6. The van der Waals surface area contributed by atoms with E-state index >= 15 is 0 Å². The van der Waals surface area contributed by atoms with Crippen molar-refractivity contribution in [3.63, 3.8) is 0 Å². The van der Waals surface area contributed by atoms with Crippen molar-refractivity contribution < 1.29 is 23.0 Å². The van der Waals surface area contributed by atoms with Gasteiger partial charge in [0.15, 0.2) is 17.4 Å². The molecule has 0 spiro atoms. The SMILES string of the molecule is CCC(=O)c1cnc(Nc2cnc(O[C@H]3CN[C@@H](C(F)F)C3)cn2)cc1Nc1cccc(-c2ncn(C)n2)c1OC. The molecule has 4 aromatic rings. The number of anilines is 4. The molecule has 2 atom stereocenters. The van der Waals surface area contributed by atoms with Crippen LogP contribution in [0.4, 0.5) is 31.8 Å². The number of ether oxygens (including phenoxy) is 2. The van der Waals surface area contributed by atoms with Crippen molar-refractivity contribution in [2.24, 2.45) is 7.05 Å². The van der Waals surface area contributed by atoms with E-state index < -0.39 is 18.6 Å². The summed E-state index contributed by atoms with van der Waals surface area (Å²) in [6, 6.07) is 6.32. The van der Waals surface area contributed by atoms with Crippen molar-refractivity contribution in [2.45, 2.75) is 38.3 Å². The first-order chi connectivity index (χ1) is 19.8. The maximum Gasteiger partial charge on any atom is 0.253 e. The van der Waals surface area contributed by atoms with Crippen molar-refractivity contribution in [1.29, 1.82) is 0 Å². The van der Waals surface area contributed by atoms with Gasteiger partial charge in [-0.3, -0.25) is 9.48 Å². The van der Waals surface area contributed by atoms with Crippen LogP contribution in [-0.2, 0) is 7.05 Å². The van der Waals surface area contributed by atoms with Gasteiger partial charge in [-0.05, 0) is 12.1 Å². The first kappa shape index (κ1) is 27.8. The van der Waals surface area contributed by atoms with Crippen LogP contribution >= 0.6 is 0 Å². The van der Waals surface area contributed by atoms with Crippen LogP contribution < -0.4 is 25.4 Å². The van der Waals surface area contributed by atoms with Crippen molar-refractivity contribution in [3.05, 3.63) is 54.7 Å². The highest BCUT2D eigenvalue weighted by molar-refractivity contribution is 6.02. The van der Waals surface area contributed by atoms with Gasteiger partial charge in [0.2, 0.25) is 5.88 Å². The van der Waals surface area contributed by atoms with Gasteiger partial charge in [-0.25, -0.2) is 28.7 Å². The van der Waals surface area contributed by atoms with Gasteiger partial charge in [-0.2, -0.15) is 5.10 Å². The number of ketones is 1. The second-order valence-electron chi connectivity index (χ2n) is 9.33. The van der Waals surface area contributed by atoms with Crippen molar-refractivity contribution in [2.75, 3.05) is 24.3 Å². The Morgan fingerprint density at radius 2 is 1.95 bits per heavy atom. The number of rotatable bonds is 11. The number of alkyl halides is 2. The van der Waals surface area contributed by atoms with Crippen LogP contribution in [0, 0.1) is 0 Å². The Balaban J connectivity index is 1.36. The number of hydrogen-bond acceptors (Lipinski definition) is 11. The molecule has 0 radical (unpaired) electrons. The molecule has 12 nitrogen and oxygen atoms in total. The topological polar surface area (TPSA) is 141 Å². The summed E-state index contributed by atoms with van der Waals surface area (Å²) < 4.78 is 38.8. The third-order valence-electron chi connectivity index (χ3n) is 6.45. The number of Topliss-reactive ketones (excluding diaryl/α,β-unsaturated/α-hetero) is 1. The van der Waals surface area contributed by atoms with Crippen molar-refractivity contribution >= 4 is 28.8 Å². The molecule has 214 valence electrons. The third-order valence-corrected chi connectivity index (χ3v) is 6.45. The van der Waals surface area contributed by atoms with Crippen LogP contribution in [0.5, 0.6) is 11.6 Å². The van der Waals surface area contributed by atoms with E-state index in [1.807, 2.05) is 18.2 Å². The zero-order valence-corrected chi connectivity index (χ0v) is 22.6. The minimum Gasteiger partial charge on any atom is -0.494 e. The zero-order valence-electron chi connectivity index (χ0n) is 22.6. The number of para-hydroxylation sites is 1. The van der Waals surface area contributed by atoms with E-state index in [0.29, 0.717) is 58.7 Å². The number of pyridine rings is 1. The lowest BCUT2D eigenvalue weighted by atomic mass is 10.1. The molecule has 1 aliphatic heterocycles. The molecule has 0 amide bonds.